The monoisotopic (exact) mass is 505 g/mol. The number of aliphatic hydroxyl groups excluding tert-OH is 4. The third kappa shape index (κ3) is 6.72. The molecule has 1 amide bonds. The van der Waals surface area contributed by atoms with Gasteiger partial charge in [0.15, 0.2) is 0 Å². The molecule has 2 aromatic carbocycles. The minimum Gasteiger partial charge on any atom is -0.395 e. The van der Waals surface area contributed by atoms with Gasteiger partial charge in [0.2, 0.25) is 5.91 Å². The van der Waals surface area contributed by atoms with Gasteiger partial charge in [0.1, 0.15) is 10.4 Å². The van der Waals surface area contributed by atoms with Gasteiger partial charge in [-0.2, -0.15) is 0 Å². The molecule has 0 atom stereocenters. The number of anilines is 2. The molecule has 9 heteroatoms. The first-order chi connectivity index (χ1) is 15.5. The Labute approximate surface area is 195 Å². The number of benzene rings is 2. The van der Waals surface area contributed by atoms with Gasteiger partial charge in [-0.3, -0.25) is 4.79 Å². The highest BCUT2D eigenvalue weighted by Gasteiger charge is 2.16. The zero-order valence-electron chi connectivity index (χ0n) is 17.8. The topological polar surface area (TPSA) is 126 Å². The highest BCUT2D eigenvalue weighted by atomic mass is 79.9. The number of nitrogens with one attached hydrogen (secondary N) is 1. The van der Waals surface area contributed by atoms with Crippen LogP contribution < -0.4 is 10.2 Å². The lowest BCUT2D eigenvalue weighted by Gasteiger charge is -2.23. The van der Waals surface area contributed by atoms with Crippen LogP contribution in [0.15, 0.2) is 53.1 Å². The molecule has 0 aliphatic rings. The number of nitrogens with zero attached hydrogens (tertiary/aromatic N) is 2. The molecule has 1 aromatic heterocycles. The summed E-state index contributed by atoms with van der Waals surface area (Å²) >= 11 is 3.49. The molecule has 3 aromatic rings. The van der Waals surface area contributed by atoms with Crippen molar-refractivity contribution in [2.24, 2.45) is 0 Å². The molecular formula is C23H28BrN3O5. The zero-order chi connectivity index (χ0) is 23.5. The van der Waals surface area contributed by atoms with E-state index in [4.69, 9.17) is 10.2 Å². The Morgan fingerprint density at radius 3 is 1.97 bits per heavy atom. The Kier molecular flexibility index (Phi) is 10.5. The highest BCUT2D eigenvalue weighted by Crippen LogP contribution is 2.38. The van der Waals surface area contributed by atoms with Crippen molar-refractivity contribution in [1.82, 2.24) is 4.98 Å². The van der Waals surface area contributed by atoms with Crippen molar-refractivity contribution in [2.75, 3.05) is 49.7 Å². The molecule has 5 N–H and O–H groups in total. The maximum atomic E-state index is 11.7. The smallest absolute Gasteiger partial charge is 0.222 e. The molecule has 0 saturated carbocycles. The van der Waals surface area contributed by atoms with Crippen LogP contribution in [-0.2, 0) is 4.79 Å². The van der Waals surface area contributed by atoms with Crippen LogP contribution in [0.2, 0.25) is 0 Å². The molecular weight excluding hydrogens is 478 g/mol. The minimum absolute atomic E-state index is 0.00962. The number of pyridine rings is 1. The van der Waals surface area contributed by atoms with Gasteiger partial charge in [0, 0.05) is 36.7 Å². The van der Waals surface area contributed by atoms with Gasteiger partial charge >= 0.3 is 0 Å². The third-order valence-electron chi connectivity index (χ3n) is 4.52. The van der Waals surface area contributed by atoms with Crippen LogP contribution in [0.1, 0.15) is 6.92 Å². The lowest BCUT2D eigenvalue weighted by atomic mass is 9.99. The van der Waals surface area contributed by atoms with Crippen molar-refractivity contribution in [3.63, 3.8) is 0 Å². The molecule has 32 heavy (non-hydrogen) atoms. The van der Waals surface area contributed by atoms with E-state index in [2.05, 4.69) is 26.2 Å². The van der Waals surface area contributed by atoms with E-state index >= 15 is 0 Å². The molecule has 0 fully saturated rings. The zero-order valence-corrected chi connectivity index (χ0v) is 19.4. The maximum Gasteiger partial charge on any atom is 0.222 e. The van der Waals surface area contributed by atoms with Gasteiger partial charge in [-0.05, 0) is 39.0 Å². The first-order valence-electron chi connectivity index (χ1n) is 10.1. The summed E-state index contributed by atoms with van der Waals surface area (Å²) in [6, 6.07) is 15.7. The molecule has 0 bridgehead atoms. The van der Waals surface area contributed by atoms with E-state index in [1.54, 1.807) is 0 Å². The van der Waals surface area contributed by atoms with Crippen molar-refractivity contribution in [3.8, 4) is 11.1 Å². The molecule has 3 rings (SSSR count). The summed E-state index contributed by atoms with van der Waals surface area (Å²) in [5, 5.41) is 38.5. The molecule has 8 nitrogen and oxygen atoms in total. The molecule has 172 valence electrons. The summed E-state index contributed by atoms with van der Waals surface area (Å²) in [7, 11) is 0. The van der Waals surface area contributed by atoms with Crippen LogP contribution in [0.25, 0.3) is 21.9 Å². The second-order valence-corrected chi connectivity index (χ2v) is 7.53. The normalized spacial score (nSPS) is 10.4. The van der Waals surface area contributed by atoms with Gasteiger partial charge in [-0.1, -0.05) is 36.4 Å². The van der Waals surface area contributed by atoms with Gasteiger partial charge in [0.05, 0.1) is 26.4 Å². The second-order valence-electron chi connectivity index (χ2n) is 6.78. The van der Waals surface area contributed by atoms with E-state index in [0.29, 0.717) is 23.5 Å². The number of amides is 1. The van der Waals surface area contributed by atoms with E-state index < -0.39 is 0 Å². The SMILES string of the molecule is CC(=O)Nc1nc(Br)c2ccccc2c1-c1ccc(N(CCO)CCO)cc1.OCCO. The summed E-state index contributed by atoms with van der Waals surface area (Å²) in [6.07, 6.45) is 0. The Balaban J connectivity index is 0.000000837. The number of fused-ring (bicyclic) bond motifs is 1. The first kappa shape index (κ1) is 25.7. The number of aliphatic hydroxyl groups is 4. The molecule has 0 unspecified atom stereocenters. The first-order valence-corrected chi connectivity index (χ1v) is 10.9. The fourth-order valence-electron chi connectivity index (χ4n) is 3.22. The Bertz CT molecular complexity index is 1010. The largest absolute Gasteiger partial charge is 0.395 e. The van der Waals surface area contributed by atoms with Crippen molar-refractivity contribution in [3.05, 3.63) is 53.1 Å². The summed E-state index contributed by atoms with van der Waals surface area (Å²) in [4.78, 5) is 18.2. The molecule has 0 spiro atoms. The van der Waals surface area contributed by atoms with Crippen molar-refractivity contribution >= 4 is 44.1 Å². The Hall–Kier alpha value is -2.56. The van der Waals surface area contributed by atoms with Crippen molar-refractivity contribution in [2.45, 2.75) is 6.92 Å². The second kappa shape index (κ2) is 13.1. The lowest BCUT2D eigenvalue weighted by Crippen LogP contribution is -2.29. The standard InChI is InChI=1S/C21H22BrN3O3.C2H6O2/c1-14(28)23-21-19(17-4-2-3-5-18(17)20(22)24-21)15-6-8-16(9-7-15)25(10-12-26)11-13-27;3-1-2-4/h2-9,26-27H,10-13H2,1H3,(H,23,24,28);3-4H,1-2H2. The quantitative estimate of drug-likeness (QED) is 0.297. The fourth-order valence-corrected chi connectivity index (χ4v) is 3.75. The summed E-state index contributed by atoms with van der Waals surface area (Å²) < 4.78 is 0.671. The van der Waals surface area contributed by atoms with Crippen LogP contribution in [0, 0.1) is 0 Å². The predicted octanol–water partition coefficient (Wildman–Crippen LogP) is 2.38. The number of hydrogen-bond donors (Lipinski definition) is 5. The Morgan fingerprint density at radius 1 is 0.906 bits per heavy atom. The van der Waals surface area contributed by atoms with Crippen molar-refractivity contribution in [1.29, 1.82) is 0 Å². The van der Waals surface area contributed by atoms with Gasteiger partial charge < -0.3 is 30.6 Å². The van der Waals surface area contributed by atoms with Crippen LogP contribution in [0.3, 0.4) is 0 Å². The van der Waals surface area contributed by atoms with E-state index in [1.165, 1.54) is 6.92 Å². The van der Waals surface area contributed by atoms with Crippen LogP contribution in [-0.4, -0.2) is 70.8 Å². The number of halogens is 1. The summed E-state index contributed by atoms with van der Waals surface area (Å²) in [5.41, 5.74) is 2.66. The maximum absolute atomic E-state index is 11.7. The molecule has 0 aliphatic carbocycles. The van der Waals surface area contributed by atoms with Crippen molar-refractivity contribution < 1.29 is 25.2 Å². The lowest BCUT2D eigenvalue weighted by molar-refractivity contribution is -0.114. The third-order valence-corrected chi connectivity index (χ3v) is 5.13. The van der Waals surface area contributed by atoms with E-state index in [-0.39, 0.29) is 32.3 Å². The van der Waals surface area contributed by atoms with Gasteiger partial charge in [0.25, 0.3) is 0 Å². The minimum atomic E-state index is -0.190. The predicted molar refractivity (Wildman–Crippen MR) is 130 cm³/mol. The number of hydrogen-bond acceptors (Lipinski definition) is 7. The molecule has 0 saturated heterocycles. The molecule has 0 radical (unpaired) electrons. The van der Waals surface area contributed by atoms with E-state index in [1.807, 2.05) is 53.4 Å². The molecule has 0 aliphatic heterocycles. The van der Waals surface area contributed by atoms with Crippen LogP contribution in [0.5, 0.6) is 0 Å². The highest BCUT2D eigenvalue weighted by molar-refractivity contribution is 9.10. The van der Waals surface area contributed by atoms with Crippen LogP contribution >= 0.6 is 15.9 Å². The van der Waals surface area contributed by atoms with E-state index in [9.17, 15) is 15.0 Å². The number of carbonyl (C=O) groups excluding carboxylic acids is 1. The summed E-state index contributed by atoms with van der Waals surface area (Å²) in [6.45, 7) is 2.12. The Morgan fingerprint density at radius 2 is 1.47 bits per heavy atom. The molecule has 1 heterocycles. The van der Waals surface area contributed by atoms with Crippen LogP contribution in [0.4, 0.5) is 11.5 Å². The number of rotatable bonds is 8. The van der Waals surface area contributed by atoms with Gasteiger partial charge in [-0.25, -0.2) is 4.98 Å². The number of aromatic nitrogens is 1. The average Bonchev–Trinajstić information content (AvgIpc) is 2.79. The summed E-state index contributed by atoms with van der Waals surface area (Å²) in [5.74, 6) is 0.304. The van der Waals surface area contributed by atoms with E-state index in [0.717, 1.165) is 27.6 Å². The average molecular weight is 506 g/mol. The fraction of sp³-hybridized carbons (Fsp3) is 0.304. The number of carbonyl (C=O) groups is 1. The van der Waals surface area contributed by atoms with Gasteiger partial charge in [-0.15, -0.1) is 0 Å².